The third-order valence-electron chi connectivity index (χ3n) is 4.94. The van der Waals surface area contributed by atoms with Gasteiger partial charge in [-0.25, -0.2) is 18.2 Å². The summed E-state index contributed by atoms with van der Waals surface area (Å²) < 4.78 is 41.4. The lowest BCUT2D eigenvalue weighted by atomic mass is 10.1. The molecule has 0 bridgehead atoms. The highest BCUT2D eigenvalue weighted by Crippen LogP contribution is 2.26. The van der Waals surface area contributed by atoms with Crippen LogP contribution in [-0.4, -0.2) is 20.9 Å². The lowest BCUT2D eigenvalue weighted by Gasteiger charge is -2.12. The molecule has 0 fully saturated rings. The molecular weight excluding hydrogens is 419 g/mol. The van der Waals surface area contributed by atoms with Crippen LogP contribution in [0.4, 0.5) is 30.5 Å². The van der Waals surface area contributed by atoms with Crippen molar-refractivity contribution in [2.75, 3.05) is 10.6 Å². The number of hydrogen-bond donors (Lipinski definition) is 3. The summed E-state index contributed by atoms with van der Waals surface area (Å²) in [5, 5.41) is 5.65. The highest BCUT2D eigenvalue weighted by Gasteiger charge is 2.20. The summed E-state index contributed by atoms with van der Waals surface area (Å²) in [4.78, 5) is 23.9. The van der Waals surface area contributed by atoms with Gasteiger partial charge in [-0.15, -0.1) is 0 Å². The lowest BCUT2D eigenvalue weighted by molar-refractivity contribution is 0.102. The molecule has 2 aromatic carbocycles. The molecule has 0 aliphatic rings. The van der Waals surface area contributed by atoms with E-state index in [9.17, 15) is 18.0 Å². The Hall–Kier alpha value is -4.14. The number of aromatic amines is 1. The maximum atomic E-state index is 14.3. The van der Waals surface area contributed by atoms with E-state index in [0.717, 1.165) is 23.7 Å². The Labute approximate surface area is 181 Å². The molecule has 2 heterocycles. The van der Waals surface area contributed by atoms with Gasteiger partial charge in [0.1, 0.15) is 5.82 Å². The minimum Gasteiger partial charge on any atom is -0.325 e. The van der Waals surface area contributed by atoms with Crippen LogP contribution in [0.3, 0.4) is 0 Å². The number of halogens is 3. The Balaban J connectivity index is 1.55. The van der Waals surface area contributed by atoms with Crippen LogP contribution < -0.4 is 10.6 Å². The molecular formula is C23H18F3N5O. The van der Waals surface area contributed by atoms with E-state index in [1.807, 2.05) is 19.1 Å². The minimum atomic E-state index is -1.31. The van der Waals surface area contributed by atoms with Crippen molar-refractivity contribution >= 4 is 23.2 Å². The van der Waals surface area contributed by atoms with Crippen LogP contribution in [-0.2, 0) is 0 Å². The van der Waals surface area contributed by atoms with E-state index in [-0.39, 0.29) is 0 Å². The largest absolute Gasteiger partial charge is 0.325 e. The van der Waals surface area contributed by atoms with Gasteiger partial charge in [0.2, 0.25) is 5.95 Å². The lowest BCUT2D eigenvalue weighted by Crippen LogP contribution is -2.16. The summed E-state index contributed by atoms with van der Waals surface area (Å²) in [6.45, 7) is 2.93. The van der Waals surface area contributed by atoms with Crippen LogP contribution in [0.1, 0.15) is 21.5 Å². The fourth-order valence-corrected chi connectivity index (χ4v) is 3.12. The zero-order valence-corrected chi connectivity index (χ0v) is 17.1. The van der Waals surface area contributed by atoms with Crippen molar-refractivity contribution < 1.29 is 18.0 Å². The number of carbonyl (C=O) groups excluding carboxylic acids is 1. The Morgan fingerprint density at radius 3 is 2.50 bits per heavy atom. The number of anilines is 3. The number of carbonyl (C=O) groups is 1. The summed E-state index contributed by atoms with van der Waals surface area (Å²) in [6, 6.07) is 9.23. The SMILES string of the molecule is Cc1ccc(NC(=O)c2cc(F)c(F)c(C)c2F)cc1Nc1ncc(-c2ccncc2)[nH]1. The normalized spacial score (nSPS) is 10.8. The first-order valence-electron chi connectivity index (χ1n) is 9.62. The molecule has 0 saturated heterocycles. The van der Waals surface area contributed by atoms with E-state index in [0.29, 0.717) is 23.4 Å². The molecule has 9 heteroatoms. The average molecular weight is 437 g/mol. The topological polar surface area (TPSA) is 82.7 Å². The molecule has 4 aromatic rings. The van der Waals surface area contributed by atoms with Crippen molar-refractivity contribution in [2.45, 2.75) is 13.8 Å². The molecule has 0 aliphatic heterocycles. The van der Waals surface area contributed by atoms with E-state index >= 15 is 0 Å². The second-order valence-electron chi connectivity index (χ2n) is 7.15. The van der Waals surface area contributed by atoms with Gasteiger partial charge in [-0.1, -0.05) is 6.07 Å². The predicted octanol–water partition coefficient (Wildman–Crippen LogP) is 5.50. The van der Waals surface area contributed by atoms with Gasteiger partial charge in [-0.3, -0.25) is 9.78 Å². The molecule has 2 aromatic heterocycles. The Morgan fingerprint density at radius 2 is 1.75 bits per heavy atom. The van der Waals surface area contributed by atoms with Gasteiger partial charge in [-0.05, 0) is 49.7 Å². The summed E-state index contributed by atoms with van der Waals surface area (Å²) in [5.41, 5.74) is 2.42. The second-order valence-corrected chi connectivity index (χ2v) is 7.15. The fourth-order valence-electron chi connectivity index (χ4n) is 3.12. The average Bonchev–Trinajstić information content (AvgIpc) is 3.26. The molecule has 0 aliphatic carbocycles. The van der Waals surface area contributed by atoms with Crippen LogP contribution >= 0.6 is 0 Å². The van der Waals surface area contributed by atoms with Crippen LogP contribution in [0.2, 0.25) is 0 Å². The highest BCUT2D eigenvalue weighted by atomic mass is 19.2. The first kappa shape index (κ1) is 21.1. The third kappa shape index (κ3) is 4.18. The van der Waals surface area contributed by atoms with Crippen molar-refractivity contribution in [3.63, 3.8) is 0 Å². The number of H-pyrrole nitrogens is 1. The summed E-state index contributed by atoms with van der Waals surface area (Å²) in [6.07, 6.45) is 5.03. The zero-order valence-electron chi connectivity index (χ0n) is 17.1. The van der Waals surface area contributed by atoms with Crippen molar-refractivity contribution in [3.8, 4) is 11.3 Å². The Bertz CT molecular complexity index is 1300. The standard InChI is InChI=1S/C23H18F3N5O/c1-12-3-4-15(29-22(32)16-10-17(24)21(26)13(2)20(16)25)9-18(12)30-23-28-11-19(31-23)14-5-7-27-8-6-14/h3-11H,1-2H3,(H,29,32)(H2,28,30,31). The molecule has 0 atom stereocenters. The van der Waals surface area contributed by atoms with E-state index in [1.54, 1.807) is 36.8 Å². The summed E-state index contributed by atoms with van der Waals surface area (Å²) >= 11 is 0. The quantitative estimate of drug-likeness (QED) is 0.360. The Morgan fingerprint density at radius 1 is 1.00 bits per heavy atom. The molecule has 0 spiro atoms. The predicted molar refractivity (Wildman–Crippen MR) is 115 cm³/mol. The molecule has 32 heavy (non-hydrogen) atoms. The number of nitrogens with one attached hydrogen (secondary N) is 3. The number of rotatable bonds is 5. The minimum absolute atomic E-state index is 0.339. The highest BCUT2D eigenvalue weighted by molar-refractivity contribution is 6.05. The molecule has 0 radical (unpaired) electrons. The molecule has 0 saturated carbocycles. The van der Waals surface area contributed by atoms with Crippen molar-refractivity contribution in [1.29, 1.82) is 0 Å². The zero-order chi connectivity index (χ0) is 22.8. The van der Waals surface area contributed by atoms with Gasteiger partial charge in [0.05, 0.1) is 17.5 Å². The molecule has 4 rings (SSSR count). The number of benzene rings is 2. The van der Waals surface area contributed by atoms with Crippen LogP contribution in [0.5, 0.6) is 0 Å². The van der Waals surface area contributed by atoms with Crippen LogP contribution in [0.15, 0.2) is 55.0 Å². The molecule has 0 unspecified atom stereocenters. The number of aryl methyl sites for hydroxylation is 1. The number of amides is 1. The van der Waals surface area contributed by atoms with Gasteiger partial charge in [0.15, 0.2) is 11.6 Å². The number of nitrogens with zero attached hydrogens (tertiary/aromatic N) is 2. The maximum absolute atomic E-state index is 14.3. The smallest absolute Gasteiger partial charge is 0.258 e. The van der Waals surface area contributed by atoms with Crippen molar-refractivity contribution in [2.24, 2.45) is 0 Å². The molecule has 6 nitrogen and oxygen atoms in total. The number of aromatic nitrogens is 3. The van der Waals surface area contributed by atoms with E-state index in [4.69, 9.17) is 0 Å². The summed E-state index contributed by atoms with van der Waals surface area (Å²) in [7, 11) is 0. The maximum Gasteiger partial charge on any atom is 0.258 e. The second kappa shape index (κ2) is 8.54. The number of imidazole rings is 1. The van der Waals surface area contributed by atoms with Gasteiger partial charge in [0.25, 0.3) is 5.91 Å². The van der Waals surface area contributed by atoms with Gasteiger partial charge in [0, 0.05) is 34.9 Å². The van der Waals surface area contributed by atoms with Gasteiger partial charge in [-0.2, -0.15) is 0 Å². The molecule has 162 valence electrons. The molecule has 1 amide bonds. The first-order valence-corrected chi connectivity index (χ1v) is 9.62. The van der Waals surface area contributed by atoms with Crippen molar-refractivity contribution in [1.82, 2.24) is 15.0 Å². The summed E-state index contributed by atoms with van der Waals surface area (Å²) in [5.74, 6) is -4.12. The van der Waals surface area contributed by atoms with E-state index in [2.05, 4.69) is 25.6 Å². The van der Waals surface area contributed by atoms with E-state index in [1.165, 1.54) is 0 Å². The van der Waals surface area contributed by atoms with Gasteiger partial charge < -0.3 is 15.6 Å². The number of hydrogen-bond acceptors (Lipinski definition) is 4. The number of pyridine rings is 1. The fraction of sp³-hybridized carbons (Fsp3) is 0.0870. The van der Waals surface area contributed by atoms with Crippen LogP contribution in [0.25, 0.3) is 11.3 Å². The molecule has 3 N–H and O–H groups in total. The van der Waals surface area contributed by atoms with Gasteiger partial charge >= 0.3 is 0 Å². The Kier molecular flexibility index (Phi) is 5.63. The monoisotopic (exact) mass is 437 g/mol. The van der Waals surface area contributed by atoms with Crippen LogP contribution in [0, 0.1) is 31.3 Å². The van der Waals surface area contributed by atoms with E-state index < -0.39 is 34.5 Å². The van der Waals surface area contributed by atoms with Crippen molar-refractivity contribution in [3.05, 3.63) is 89.1 Å². The third-order valence-corrected chi connectivity index (χ3v) is 4.94. The first-order chi connectivity index (χ1) is 15.3.